The molecule has 0 spiro atoms. The Morgan fingerprint density at radius 1 is 1.03 bits per heavy atom. The van der Waals surface area contributed by atoms with Crippen LogP contribution >= 0.6 is 11.3 Å². The van der Waals surface area contributed by atoms with Gasteiger partial charge in [-0.15, -0.1) is 0 Å². The lowest BCUT2D eigenvalue weighted by Gasteiger charge is -2.16. The fourth-order valence-corrected chi connectivity index (χ4v) is 3.81. The Morgan fingerprint density at radius 3 is 2.27 bits per heavy atom. The van der Waals surface area contributed by atoms with Crippen molar-refractivity contribution in [3.63, 3.8) is 0 Å². The summed E-state index contributed by atoms with van der Waals surface area (Å²) in [6, 6.07) is 9.02. The van der Waals surface area contributed by atoms with Crippen LogP contribution in [0.2, 0.25) is 0 Å². The van der Waals surface area contributed by atoms with E-state index in [0.717, 1.165) is 16.3 Å². The van der Waals surface area contributed by atoms with E-state index in [1.165, 1.54) is 11.3 Å². The third kappa shape index (κ3) is 4.88. The highest BCUT2D eigenvalue weighted by Crippen LogP contribution is 2.39. The molecule has 0 aliphatic rings. The molecular weight excluding hydrogens is 402 g/mol. The summed E-state index contributed by atoms with van der Waals surface area (Å²) in [6.45, 7) is 8.87. The Bertz CT molecular complexity index is 978. The predicted molar refractivity (Wildman–Crippen MR) is 118 cm³/mol. The number of hydrogen-bond acceptors (Lipinski definition) is 7. The molecule has 0 aliphatic carbocycles. The maximum atomic E-state index is 12.9. The van der Waals surface area contributed by atoms with Crippen molar-refractivity contribution in [2.75, 3.05) is 25.1 Å². The van der Waals surface area contributed by atoms with E-state index < -0.39 is 0 Å². The molecular formula is C22H25N3O4S. The smallest absolute Gasteiger partial charge is 0.257 e. The number of thiazole rings is 1. The topological polar surface area (TPSA) is 82.6 Å². The van der Waals surface area contributed by atoms with Crippen LogP contribution in [0.4, 0.5) is 5.13 Å². The summed E-state index contributed by atoms with van der Waals surface area (Å²) in [6.07, 6.45) is 1.73. The average molecular weight is 428 g/mol. The Balaban J connectivity index is 1.89. The first-order valence-electron chi connectivity index (χ1n) is 9.83. The van der Waals surface area contributed by atoms with E-state index in [1.807, 2.05) is 45.9 Å². The Hall–Kier alpha value is -3.13. The number of nitrogens with zero attached hydrogens (tertiary/aromatic N) is 2. The van der Waals surface area contributed by atoms with Gasteiger partial charge in [-0.25, -0.2) is 4.98 Å². The zero-order valence-corrected chi connectivity index (χ0v) is 18.3. The van der Waals surface area contributed by atoms with Gasteiger partial charge in [0.05, 0.1) is 36.1 Å². The second-order valence-corrected chi connectivity index (χ2v) is 7.20. The normalized spacial score (nSPS) is 10.5. The molecule has 8 heteroatoms. The van der Waals surface area contributed by atoms with Crippen molar-refractivity contribution in [2.24, 2.45) is 0 Å². The van der Waals surface area contributed by atoms with E-state index in [9.17, 15) is 4.79 Å². The molecule has 0 radical (unpaired) electrons. The summed E-state index contributed by atoms with van der Waals surface area (Å²) in [7, 11) is 0. The maximum Gasteiger partial charge on any atom is 0.257 e. The molecule has 2 heterocycles. The maximum absolute atomic E-state index is 12.9. The second-order valence-electron chi connectivity index (χ2n) is 6.20. The third-order valence-electron chi connectivity index (χ3n) is 4.09. The van der Waals surface area contributed by atoms with Crippen molar-refractivity contribution in [3.8, 4) is 27.8 Å². The number of aryl methyl sites for hydroxylation is 1. The number of amides is 1. The van der Waals surface area contributed by atoms with E-state index in [4.69, 9.17) is 14.2 Å². The van der Waals surface area contributed by atoms with Gasteiger partial charge >= 0.3 is 0 Å². The van der Waals surface area contributed by atoms with Crippen LogP contribution in [0.1, 0.15) is 36.8 Å². The van der Waals surface area contributed by atoms with Gasteiger partial charge in [-0.05, 0) is 52.0 Å². The molecule has 1 aromatic carbocycles. The van der Waals surface area contributed by atoms with Crippen LogP contribution in [0.3, 0.4) is 0 Å². The number of nitrogens with one attached hydrogen (secondary N) is 1. The summed E-state index contributed by atoms with van der Waals surface area (Å²) >= 11 is 1.38. The fraction of sp³-hybridized carbons (Fsp3) is 0.318. The van der Waals surface area contributed by atoms with Gasteiger partial charge in [0.2, 0.25) is 5.75 Å². The monoisotopic (exact) mass is 427 g/mol. The first kappa shape index (κ1) is 21.6. The number of aromatic nitrogens is 2. The number of ether oxygens (including phenoxy) is 3. The van der Waals surface area contributed by atoms with Gasteiger partial charge in [-0.3, -0.25) is 15.1 Å². The molecule has 1 N–H and O–H groups in total. The second kappa shape index (κ2) is 10.1. The van der Waals surface area contributed by atoms with Crippen LogP contribution in [0, 0.1) is 6.92 Å². The molecule has 1 amide bonds. The van der Waals surface area contributed by atoms with Gasteiger partial charge in [0, 0.05) is 11.8 Å². The van der Waals surface area contributed by atoms with Crippen molar-refractivity contribution in [1.29, 1.82) is 0 Å². The number of hydrogen-bond donors (Lipinski definition) is 1. The lowest BCUT2D eigenvalue weighted by atomic mass is 10.1. The van der Waals surface area contributed by atoms with Crippen LogP contribution in [-0.2, 0) is 0 Å². The van der Waals surface area contributed by atoms with E-state index >= 15 is 0 Å². The summed E-state index contributed by atoms with van der Waals surface area (Å²) in [4.78, 5) is 22.7. The fourth-order valence-electron chi connectivity index (χ4n) is 2.87. The summed E-state index contributed by atoms with van der Waals surface area (Å²) in [5, 5.41) is 3.37. The lowest BCUT2D eigenvalue weighted by molar-refractivity contribution is 0.102. The number of carbonyl (C=O) groups excluding carboxylic acids is 1. The highest BCUT2D eigenvalue weighted by molar-refractivity contribution is 7.19. The highest BCUT2D eigenvalue weighted by atomic mass is 32.1. The van der Waals surface area contributed by atoms with E-state index in [1.54, 1.807) is 18.3 Å². The minimum Gasteiger partial charge on any atom is -0.490 e. The first-order valence-corrected chi connectivity index (χ1v) is 10.7. The Labute approximate surface area is 180 Å². The molecule has 0 unspecified atom stereocenters. The van der Waals surface area contributed by atoms with Crippen LogP contribution in [-0.4, -0.2) is 35.7 Å². The number of rotatable bonds is 9. The van der Waals surface area contributed by atoms with Crippen molar-refractivity contribution in [3.05, 3.63) is 47.8 Å². The lowest BCUT2D eigenvalue weighted by Crippen LogP contribution is -2.13. The number of carbonyl (C=O) groups is 1. The van der Waals surface area contributed by atoms with Gasteiger partial charge in [0.15, 0.2) is 16.6 Å². The van der Waals surface area contributed by atoms with Crippen molar-refractivity contribution in [1.82, 2.24) is 9.97 Å². The van der Waals surface area contributed by atoms with Crippen molar-refractivity contribution >= 4 is 22.4 Å². The summed E-state index contributed by atoms with van der Waals surface area (Å²) in [5.41, 5.74) is 2.04. The van der Waals surface area contributed by atoms with Gasteiger partial charge in [0.25, 0.3) is 5.91 Å². The van der Waals surface area contributed by atoms with E-state index in [-0.39, 0.29) is 5.91 Å². The minimum absolute atomic E-state index is 0.304. The molecule has 0 saturated heterocycles. The standard InChI is InChI=1S/C22H25N3O4S/c1-5-27-17-12-15(13-18(28-6-2)19(17)29-7-3)21(26)25-22-24-14(4)20(30-22)16-10-8-9-11-23-16/h8-13H,5-7H2,1-4H3,(H,24,25,26). The van der Waals surface area contributed by atoms with E-state index in [2.05, 4.69) is 15.3 Å². The number of benzene rings is 1. The number of pyridine rings is 1. The van der Waals surface area contributed by atoms with Gasteiger partial charge < -0.3 is 14.2 Å². The van der Waals surface area contributed by atoms with Crippen molar-refractivity contribution in [2.45, 2.75) is 27.7 Å². The zero-order chi connectivity index (χ0) is 21.5. The molecule has 3 aromatic rings. The average Bonchev–Trinajstić information content (AvgIpc) is 3.11. The van der Waals surface area contributed by atoms with Gasteiger partial charge in [-0.2, -0.15) is 0 Å². The number of anilines is 1. The zero-order valence-electron chi connectivity index (χ0n) is 17.5. The molecule has 158 valence electrons. The van der Waals surface area contributed by atoms with Crippen molar-refractivity contribution < 1.29 is 19.0 Å². The predicted octanol–water partition coefficient (Wildman–Crippen LogP) is 4.96. The molecule has 2 aromatic heterocycles. The summed E-state index contributed by atoms with van der Waals surface area (Å²) in [5.74, 6) is 1.14. The SMILES string of the molecule is CCOc1cc(C(=O)Nc2nc(C)c(-c3ccccn3)s2)cc(OCC)c1OCC. The van der Waals surface area contributed by atoms with Crippen LogP contribution in [0.25, 0.3) is 10.6 Å². The molecule has 0 atom stereocenters. The van der Waals surface area contributed by atoms with Gasteiger partial charge in [-0.1, -0.05) is 17.4 Å². The van der Waals surface area contributed by atoms with Crippen LogP contribution < -0.4 is 19.5 Å². The molecule has 0 bridgehead atoms. The molecule has 30 heavy (non-hydrogen) atoms. The molecule has 7 nitrogen and oxygen atoms in total. The van der Waals surface area contributed by atoms with E-state index in [0.29, 0.717) is 47.8 Å². The molecule has 0 aliphatic heterocycles. The quantitative estimate of drug-likeness (QED) is 0.520. The third-order valence-corrected chi connectivity index (χ3v) is 5.18. The minimum atomic E-state index is -0.304. The van der Waals surface area contributed by atoms with Gasteiger partial charge in [0.1, 0.15) is 0 Å². The van der Waals surface area contributed by atoms with Crippen LogP contribution in [0.15, 0.2) is 36.5 Å². The molecule has 0 saturated carbocycles. The summed E-state index contributed by atoms with van der Waals surface area (Å²) < 4.78 is 17.1. The largest absolute Gasteiger partial charge is 0.490 e. The Morgan fingerprint density at radius 2 is 1.70 bits per heavy atom. The molecule has 3 rings (SSSR count). The molecule has 0 fully saturated rings. The first-order chi connectivity index (χ1) is 14.6. The Kier molecular flexibility index (Phi) is 7.24. The highest BCUT2D eigenvalue weighted by Gasteiger charge is 2.20. The van der Waals surface area contributed by atoms with Crippen LogP contribution in [0.5, 0.6) is 17.2 Å².